The number of nitrogens with two attached hydrogens (primary N) is 1. The van der Waals surface area contributed by atoms with Crippen LogP contribution in [0.25, 0.3) is 10.9 Å². The van der Waals surface area contributed by atoms with Crippen LogP contribution in [0.1, 0.15) is 38.2 Å². The van der Waals surface area contributed by atoms with E-state index in [0.717, 1.165) is 30.1 Å². The van der Waals surface area contributed by atoms with Gasteiger partial charge in [-0.25, -0.2) is 9.97 Å². The summed E-state index contributed by atoms with van der Waals surface area (Å²) >= 11 is 0. The van der Waals surface area contributed by atoms with Crippen LogP contribution in [0.4, 0.5) is 24.8 Å². The quantitative estimate of drug-likeness (QED) is 0.345. The second kappa shape index (κ2) is 11.6. The van der Waals surface area contributed by atoms with Gasteiger partial charge in [-0.1, -0.05) is 30.0 Å². The van der Waals surface area contributed by atoms with Crippen LogP contribution >= 0.6 is 0 Å². The average Bonchev–Trinajstić information content (AvgIpc) is 2.93. The Morgan fingerprint density at radius 1 is 1.02 bits per heavy atom. The molecule has 10 heteroatoms. The monoisotopic (exact) mass is 558 g/mol. The second-order valence-electron chi connectivity index (χ2n) is 10.1. The van der Waals surface area contributed by atoms with Crippen LogP contribution < -0.4 is 11.1 Å². The lowest BCUT2D eigenvalue weighted by Crippen LogP contribution is -2.44. The molecule has 0 saturated carbocycles. The molecule has 0 radical (unpaired) electrons. The summed E-state index contributed by atoms with van der Waals surface area (Å²) in [5, 5.41) is 3.48. The molecule has 5 rings (SSSR count). The van der Waals surface area contributed by atoms with Gasteiger partial charge in [-0.05, 0) is 55.9 Å². The zero-order valence-corrected chi connectivity index (χ0v) is 22.7. The van der Waals surface area contributed by atoms with Crippen molar-refractivity contribution in [2.45, 2.75) is 19.6 Å². The number of hydrogen-bond acceptors (Lipinski definition) is 6. The molecule has 1 aromatic heterocycles. The number of fused-ring (bicyclic) bond motifs is 1. The smallest absolute Gasteiger partial charge is 0.368 e. The Balaban J connectivity index is 1.43. The molecule has 4 aromatic rings. The molecule has 0 spiro atoms. The van der Waals surface area contributed by atoms with E-state index < -0.39 is 17.6 Å². The molecule has 3 N–H and O–H groups in total. The van der Waals surface area contributed by atoms with Crippen molar-refractivity contribution in [3.8, 4) is 11.8 Å². The van der Waals surface area contributed by atoms with Crippen LogP contribution in [0, 0.1) is 18.8 Å². The Morgan fingerprint density at radius 2 is 1.76 bits per heavy atom. The van der Waals surface area contributed by atoms with Crippen LogP contribution in [-0.2, 0) is 12.7 Å². The maximum Gasteiger partial charge on any atom is 0.416 e. The largest absolute Gasteiger partial charge is 0.416 e. The van der Waals surface area contributed by atoms with Gasteiger partial charge in [0.1, 0.15) is 0 Å². The SMILES string of the molecule is Cc1ccc(C(=O)Nc2cccc(C(F)(F)F)c2CN2CCN(C)CC2)cc1C#Cc1cccc2nc(N)ncc12. The molecule has 0 bridgehead atoms. The lowest BCUT2D eigenvalue weighted by Gasteiger charge is -2.33. The number of benzene rings is 3. The minimum atomic E-state index is -4.55. The molecule has 7 nitrogen and oxygen atoms in total. The number of nitrogens with zero attached hydrogens (tertiary/aromatic N) is 4. The molecule has 1 fully saturated rings. The molecular weight excluding hydrogens is 529 g/mol. The molecule has 3 aromatic carbocycles. The lowest BCUT2D eigenvalue weighted by atomic mass is 10.0. The highest BCUT2D eigenvalue weighted by atomic mass is 19.4. The van der Waals surface area contributed by atoms with Gasteiger partial charge in [0.25, 0.3) is 5.91 Å². The van der Waals surface area contributed by atoms with Crippen LogP contribution in [0.3, 0.4) is 0 Å². The molecule has 1 aliphatic rings. The van der Waals surface area contributed by atoms with E-state index >= 15 is 0 Å². The topological polar surface area (TPSA) is 87.4 Å². The highest BCUT2D eigenvalue weighted by Crippen LogP contribution is 2.36. The van der Waals surface area contributed by atoms with Crippen LogP contribution in [-0.4, -0.2) is 58.9 Å². The first kappa shape index (κ1) is 28.1. The highest BCUT2D eigenvalue weighted by molar-refractivity contribution is 6.05. The van der Waals surface area contributed by atoms with Crippen molar-refractivity contribution in [2.24, 2.45) is 0 Å². The van der Waals surface area contributed by atoms with Crippen molar-refractivity contribution in [3.63, 3.8) is 0 Å². The van der Waals surface area contributed by atoms with Crippen LogP contribution in [0.5, 0.6) is 0 Å². The molecule has 1 aliphatic heterocycles. The van der Waals surface area contributed by atoms with E-state index in [1.807, 2.05) is 37.1 Å². The van der Waals surface area contributed by atoms with Crippen molar-refractivity contribution >= 4 is 28.4 Å². The fourth-order valence-electron chi connectivity index (χ4n) is 4.77. The van der Waals surface area contributed by atoms with E-state index in [9.17, 15) is 18.0 Å². The number of carbonyl (C=O) groups excluding carboxylic acids is 1. The van der Waals surface area contributed by atoms with Gasteiger partial charge in [0.2, 0.25) is 5.95 Å². The molecular formula is C31H29F3N6O. The maximum atomic E-state index is 14.0. The summed E-state index contributed by atoms with van der Waals surface area (Å²) in [5.74, 6) is 5.90. The summed E-state index contributed by atoms with van der Waals surface area (Å²) in [5.41, 5.74) is 8.28. The number of nitrogen functional groups attached to an aromatic ring is 1. The van der Waals surface area contributed by atoms with E-state index in [2.05, 4.69) is 32.0 Å². The highest BCUT2D eigenvalue weighted by Gasteiger charge is 2.35. The van der Waals surface area contributed by atoms with Crippen molar-refractivity contribution in [1.82, 2.24) is 19.8 Å². The van der Waals surface area contributed by atoms with E-state index in [1.165, 1.54) is 12.1 Å². The van der Waals surface area contributed by atoms with E-state index in [-0.39, 0.29) is 29.3 Å². The van der Waals surface area contributed by atoms with Gasteiger partial charge in [-0.2, -0.15) is 13.2 Å². The number of halogens is 3. The van der Waals surface area contributed by atoms with Gasteiger partial charge < -0.3 is 16.0 Å². The first-order valence-electron chi connectivity index (χ1n) is 13.1. The molecule has 1 saturated heterocycles. The minimum absolute atomic E-state index is 0.0591. The molecule has 210 valence electrons. The maximum absolute atomic E-state index is 14.0. The van der Waals surface area contributed by atoms with Crippen molar-refractivity contribution in [1.29, 1.82) is 0 Å². The third-order valence-electron chi connectivity index (χ3n) is 7.18. The summed E-state index contributed by atoms with van der Waals surface area (Å²) in [6, 6.07) is 14.4. The predicted octanol–water partition coefficient (Wildman–Crippen LogP) is 4.94. The standard InChI is InChI=1S/C31H29F3N6O/c1-20-9-10-23(17-22(20)12-11-21-5-3-7-27-24(21)18-36-30(35)38-27)29(41)37-28-8-4-6-26(31(32,33)34)25(28)19-40-15-13-39(2)14-16-40/h3-10,17-18H,13-16,19H2,1-2H3,(H,37,41)(H2,35,36,38). The summed E-state index contributed by atoms with van der Waals surface area (Å²) < 4.78 is 41.9. The number of hydrogen-bond donors (Lipinski definition) is 2. The Kier molecular flexibility index (Phi) is 7.92. The molecule has 41 heavy (non-hydrogen) atoms. The summed E-state index contributed by atoms with van der Waals surface area (Å²) in [6.07, 6.45) is -2.93. The predicted molar refractivity (Wildman–Crippen MR) is 153 cm³/mol. The fraction of sp³-hybridized carbons (Fsp3) is 0.258. The molecule has 1 amide bonds. The van der Waals surface area contributed by atoms with Gasteiger partial charge in [0, 0.05) is 72.2 Å². The van der Waals surface area contributed by atoms with Gasteiger partial charge in [0.15, 0.2) is 0 Å². The second-order valence-corrected chi connectivity index (χ2v) is 10.1. The number of rotatable bonds is 4. The summed E-state index contributed by atoms with van der Waals surface area (Å²) in [7, 11) is 1.99. The third kappa shape index (κ3) is 6.48. The number of aryl methyl sites for hydroxylation is 1. The van der Waals surface area contributed by atoms with Gasteiger partial charge in [0.05, 0.1) is 11.1 Å². The van der Waals surface area contributed by atoms with Crippen molar-refractivity contribution in [3.05, 3.63) is 94.2 Å². The van der Waals surface area contributed by atoms with Gasteiger partial charge >= 0.3 is 6.18 Å². The fourth-order valence-corrected chi connectivity index (χ4v) is 4.77. The molecule has 2 heterocycles. The first-order chi connectivity index (χ1) is 19.6. The van der Waals surface area contributed by atoms with E-state index in [0.29, 0.717) is 29.7 Å². The summed E-state index contributed by atoms with van der Waals surface area (Å²) in [4.78, 5) is 25.7. The number of carbonyl (C=O) groups is 1. The van der Waals surface area contributed by atoms with Gasteiger partial charge in [-0.3, -0.25) is 9.69 Å². The Bertz CT molecular complexity index is 1670. The Morgan fingerprint density at radius 3 is 2.51 bits per heavy atom. The van der Waals surface area contributed by atoms with Crippen molar-refractivity contribution in [2.75, 3.05) is 44.3 Å². The van der Waals surface area contributed by atoms with Gasteiger partial charge in [-0.15, -0.1) is 0 Å². The number of likely N-dealkylation sites (N-methyl/N-ethyl adjacent to an activating group) is 1. The molecule has 0 unspecified atom stereocenters. The van der Waals surface area contributed by atoms with Crippen molar-refractivity contribution < 1.29 is 18.0 Å². The number of aromatic nitrogens is 2. The lowest BCUT2D eigenvalue weighted by molar-refractivity contribution is -0.138. The molecule has 0 atom stereocenters. The molecule has 0 aliphatic carbocycles. The Hall–Kier alpha value is -4.46. The average molecular weight is 559 g/mol. The number of anilines is 2. The summed E-state index contributed by atoms with van der Waals surface area (Å²) in [6.45, 7) is 4.79. The number of nitrogens with one attached hydrogen (secondary N) is 1. The van der Waals surface area contributed by atoms with Crippen LogP contribution in [0.2, 0.25) is 0 Å². The number of piperazine rings is 1. The zero-order valence-electron chi connectivity index (χ0n) is 22.7. The normalized spacial score (nSPS) is 14.5. The number of alkyl halides is 3. The minimum Gasteiger partial charge on any atom is -0.368 e. The van der Waals surface area contributed by atoms with E-state index in [1.54, 1.807) is 24.4 Å². The zero-order chi connectivity index (χ0) is 29.1. The Labute approximate surface area is 236 Å². The first-order valence-corrected chi connectivity index (χ1v) is 13.1. The van der Waals surface area contributed by atoms with E-state index in [4.69, 9.17) is 5.73 Å². The van der Waals surface area contributed by atoms with Crippen LogP contribution in [0.15, 0.2) is 60.8 Å². The number of amides is 1. The third-order valence-corrected chi connectivity index (χ3v) is 7.18.